The molecule has 1 unspecified atom stereocenters. The van der Waals surface area contributed by atoms with E-state index >= 15 is 0 Å². The van der Waals surface area contributed by atoms with E-state index in [0.29, 0.717) is 18.2 Å². The number of hydrogen-bond donors (Lipinski definition) is 3. The van der Waals surface area contributed by atoms with Gasteiger partial charge in [-0.1, -0.05) is 0 Å². The molecule has 0 radical (unpaired) electrons. The average Bonchev–Trinajstić information content (AvgIpc) is 3.24. The number of nitrogens with one attached hydrogen (secondary N) is 2. The van der Waals surface area contributed by atoms with Crippen molar-refractivity contribution in [3.05, 3.63) is 24.3 Å². The maximum absolute atomic E-state index is 12.0. The lowest BCUT2D eigenvalue weighted by Crippen LogP contribution is -2.54. The molecule has 1 fully saturated rings. The van der Waals surface area contributed by atoms with Crippen molar-refractivity contribution < 1.29 is 22.7 Å². The molecule has 0 aromatic heterocycles. The molecule has 0 bridgehead atoms. The molecule has 22 heavy (non-hydrogen) atoms. The molecule has 1 atom stereocenters. The van der Waals surface area contributed by atoms with Crippen LogP contribution in [0.1, 0.15) is 19.8 Å². The SMILES string of the molecule is CC(CN)(NC(=O)Nc1ccc(OC(F)(F)F)cc1)C1CC1. The maximum Gasteiger partial charge on any atom is 0.573 e. The first-order chi connectivity index (χ1) is 10.2. The van der Waals surface area contributed by atoms with E-state index in [1.54, 1.807) is 0 Å². The van der Waals surface area contributed by atoms with Crippen LogP contribution in [0, 0.1) is 5.92 Å². The van der Waals surface area contributed by atoms with E-state index < -0.39 is 17.9 Å². The fourth-order valence-corrected chi connectivity index (χ4v) is 2.20. The van der Waals surface area contributed by atoms with E-state index in [0.717, 1.165) is 25.0 Å². The van der Waals surface area contributed by atoms with Crippen LogP contribution in [0.25, 0.3) is 0 Å². The minimum Gasteiger partial charge on any atom is -0.406 e. The van der Waals surface area contributed by atoms with Crippen molar-refractivity contribution >= 4 is 11.7 Å². The van der Waals surface area contributed by atoms with Crippen LogP contribution in [0.3, 0.4) is 0 Å². The molecule has 1 aromatic carbocycles. The quantitative estimate of drug-likeness (QED) is 0.781. The van der Waals surface area contributed by atoms with Crippen molar-refractivity contribution in [1.82, 2.24) is 5.32 Å². The van der Waals surface area contributed by atoms with Gasteiger partial charge in [0.05, 0.1) is 5.54 Å². The number of hydrogen-bond acceptors (Lipinski definition) is 3. The predicted molar refractivity (Wildman–Crippen MR) is 75.5 cm³/mol. The summed E-state index contributed by atoms with van der Waals surface area (Å²) in [6, 6.07) is 4.48. The van der Waals surface area contributed by atoms with Gasteiger partial charge in [0.1, 0.15) is 5.75 Å². The molecular formula is C14H18F3N3O2. The first-order valence-electron chi connectivity index (χ1n) is 6.87. The molecule has 0 aliphatic heterocycles. The lowest BCUT2D eigenvalue weighted by molar-refractivity contribution is -0.274. The Bertz CT molecular complexity index is 529. The Morgan fingerprint density at radius 3 is 2.36 bits per heavy atom. The summed E-state index contributed by atoms with van der Waals surface area (Å²) in [5.41, 5.74) is 5.60. The molecule has 0 heterocycles. The summed E-state index contributed by atoms with van der Waals surface area (Å²) in [5, 5.41) is 5.38. The summed E-state index contributed by atoms with van der Waals surface area (Å²) in [7, 11) is 0. The van der Waals surface area contributed by atoms with Crippen molar-refractivity contribution in [2.75, 3.05) is 11.9 Å². The van der Waals surface area contributed by atoms with E-state index in [1.165, 1.54) is 12.1 Å². The number of urea groups is 1. The third kappa shape index (κ3) is 4.52. The van der Waals surface area contributed by atoms with Crippen LogP contribution in [0.5, 0.6) is 5.75 Å². The summed E-state index contributed by atoms with van der Waals surface area (Å²) >= 11 is 0. The largest absolute Gasteiger partial charge is 0.573 e. The van der Waals surface area contributed by atoms with E-state index in [1.807, 2.05) is 6.92 Å². The number of nitrogens with two attached hydrogens (primary N) is 1. The van der Waals surface area contributed by atoms with Crippen molar-refractivity contribution in [2.24, 2.45) is 11.7 Å². The number of alkyl halides is 3. The molecule has 1 aliphatic carbocycles. The monoisotopic (exact) mass is 317 g/mol. The molecule has 5 nitrogen and oxygen atoms in total. The minimum absolute atomic E-state index is 0.323. The fraction of sp³-hybridized carbons (Fsp3) is 0.500. The highest BCUT2D eigenvalue weighted by Crippen LogP contribution is 2.39. The summed E-state index contributed by atoms with van der Waals surface area (Å²) in [5.74, 6) is 0.0223. The van der Waals surface area contributed by atoms with Gasteiger partial charge in [-0.25, -0.2) is 4.79 Å². The minimum atomic E-state index is -4.74. The molecule has 8 heteroatoms. The van der Waals surface area contributed by atoms with Gasteiger partial charge in [0.25, 0.3) is 0 Å². The van der Waals surface area contributed by atoms with E-state index in [2.05, 4.69) is 15.4 Å². The first kappa shape index (κ1) is 16.4. The Morgan fingerprint density at radius 2 is 1.91 bits per heavy atom. The van der Waals surface area contributed by atoms with Gasteiger partial charge in [0, 0.05) is 12.2 Å². The molecule has 4 N–H and O–H groups in total. The fourth-order valence-electron chi connectivity index (χ4n) is 2.20. The number of carbonyl (C=O) groups excluding carboxylic acids is 1. The van der Waals surface area contributed by atoms with Crippen LogP contribution in [0.2, 0.25) is 0 Å². The van der Waals surface area contributed by atoms with Crippen molar-refractivity contribution in [3.63, 3.8) is 0 Å². The number of benzene rings is 1. The molecule has 1 aromatic rings. The van der Waals surface area contributed by atoms with Crippen LogP contribution in [-0.4, -0.2) is 24.5 Å². The number of amides is 2. The van der Waals surface area contributed by atoms with Gasteiger partial charge in [-0.15, -0.1) is 13.2 Å². The third-order valence-corrected chi connectivity index (χ3v) is 3.65. The van der Waals surface area contributed by atoms with Gasteiger partial charge in [-0.2, -0.15) is 0 Å². The van der Waals surface area contributed by atoms with Gasteiger partial charge in [0.2, 0.25) is 0 Å². The van der Waals surface area contributed by atoms with E-state index in [4.69, 9.17) is 5.73 Å². The highest BCUT2D eigenvalue weighted by atomic mass is 19.4. The molecule has 122 valence electrons. The summed E-state index contributed by atoms with van der Waals surface area (Å²) < 4.78 is 39.9. The van der Waals surface area contributed by atoms with Gasteiger partial charge in [-0.05, 0) is 49.9 Å². The predicted octanol–water partition coefficient (Wildman–Crippen LogP) is 2.83. The Labute approximate surface area is 126 Å². The number of rotatable bonds is 5. The Balaban J connectivity index is 1.91. The number of ether oxygens (including phenoxy) is 1. The molecule has 2 rings (SSSR count). The summed E-state index contributed by atoms with van der Waals surface area (Å²) in [6.45, 7) is 2.20. The summed E-state index contributed by atoms with van der Waals surface area (Å²) in [4.78, 5) is 11.9. The van der Waals surface area contributed by atoms with Gasteiger partial charge in [0.15, 0.2) is 0 Å². The Morgan fingerprint density at radius 1 is 1.32 bits per heavy atom. The Kier molecular flexibility index (Phi) is 4.50. The molecule has 0 spiro atoms. The standard InChI is InChI=1S/C14H18F3N3O2/c1-13(8-18,9-2-3-9)20-12(21)19-10-4-6-11(7-5-10)22-14(15,16)17/h4-7,9H,2-3,8,18H2,1H3,(H2,19,20,21). The number of halogens is 3. The zero-order chi connectivity index (χ0) is 16.4. The lowest BCUT2D eigenvalue weighted by Gasteiger charge is -2.29. The molecule has 1 saturated carbocycles. The van der Waals surface area contributed by atoms with Crippen molar-refractivity contribution in [3.8, 4) is 5.75 Å². The highest BCUT2D eigenvalue weighted by Gasteiger charge is 2.41. The van der Waals surface area contributed by atoms with Crippen LogP contribution < -0.4 is 21.1 Å². The van der Waals surface area contributed by atoms with Crippen LogP contribution in [0.15, 0.2) is 24.3 Å². The lowest BCUT2D eigenvalue weighted by atomic mass is 9.96. The maximum atomic E-state index is 12.0. The second-order valence-electron chi connectivity index (χ2n) is 5.55. The molecular weight excluding hydrogens is 299 g/mol. The van der Waals surface area contributed by atoms with Gasteiger partial charge >= 0.3 is 12.4 Å². The zero-order valence-corrected chi connectivity index (χ0v) is 12.0. The van der Waals surface area contributed by atoms with Crippen LogP contribution in [0.4, 0.5) is 23.7 Å². The summed E-state index contributed by atoms with van der Waals surface area (Å²) in [6.07, 6.45) is -2.69. The number of carbonyl (C=O) groups is 1. The molecule has 0 saturated heterocycles. The highest BCUT2D eigenvalue weighted by molar-refractivity contribution is 5.89. The normalized spacial score (nSPS) is 17.5. The van der Waals surface area contributed by atoms with Gasteiger partial charge in [-0.3, -0.25) is 0 Å². The second-order valence-corrected chi connectivity index (χ2v) is 5.55. The molecule has 1 aliphatic rings. The zero-order valence-electron chi connectivity index (χ0n) is 12.0. The topological polar surface area (TPSA) is 76.4 Å². The van der Waals surface area contributed by atoms with Crippen LogP contribution in [-0.2, 0) is 0 Å². The first-order valence-corrected chi connectivity index (χ1v) is 6.87. The van der Waals surface area contributed by atoms with Gasteiger partial charge < -0.3 is 21.1 Å². The second kappa shape index (κ2) is 6.04. The van der Waals surface area contributed by atoms with E-state index in [-0.39, 0.29) is 5.75 Å². The van der Waals surface area contributed by atoms with Crippen molar-refractivity contribution in [2.45, 2.75) is 31.7 Å². The Hall–Kier alpha value is -1.96. The molecule has 2 amide bonds. The smallest absolute Gasteiger partial charge is 0.406 e. The van der Waals surface area contributed by atoms with E-state index in [9.17, 15) is 18.0 Å². The number of anilines is 1. The van der Waals surface area contributed by atoms with Crippen LogP contribution >= 0.6 is 0 Å². The average molecular weight is 317 g/mol. The third-order valence-electron chi connectivity index (χ3n) is 3.65. The van der Waals surface area contributed by atoms with Crippen molar-refractivity contribution in [1.29, 1.82) is 0 Å².